The lowest BCUT2D eigenvalue weighted by atomic mass is 10.1. The SMILES string of the molecule is O=C(Cc1ccccc1[N+](=O)[O-])N/N=C/c1ccc(OCc2cccc3ccccc23)c(I)c1. The first kappa shape index (κ1) is 23.4. The van der Waals surface area contributed by atoms with Crippen molar-refractivity contribution in [2.45, 2.75) is 13.0 Å². The molecule has 4 aromatic rings. The average Bonchev–Trinajstić information content (AvgIpc) is 2.83. The Hall–Kier alpha value is -3.79. The molecule has 0 spiro atoms. The molecule has 0 fully saturated rings. The standard InChI is InChI=1S/C26H20IN3O4/c27-23-14-18(16-28-29-26(31)15-20-7-2-4-11-24(20)30(32)33)12-13-25(23)34-17-21-9-5-8-19-6-1-3-10-22(19)21/h1-14,16H,15,17H2,(H,29,31)/b28-16+. The number of benzene rings is 4. The predicted octanol–water partition coefficient (Wildman–Crippen LogP) is 5.62. The highest BCUT2D eigenvalue weighted by Crippen LogP contribution is 2.25. The molecule has 0 saturated heterocycles. The largest absolute Gasteiger partial charge is 0.488 e. The van der Waals surface area contributed by atoms with Crippen LogP contribution in [-0.4, -0.2) is 17.0 Å². The molecule has 0 aliphatic heterocycles. The number of carbonyl (C=O) groups excluding carboxylic acids is 1. The zero-order valence-electron chi connectivity index (χ0n) is 18.0. The molecule has 0 saturated carbocycles. The van der Waals surface area contributed by atoms with Gasteiger partial charge < -0.3 is 4.74 Å². The van der Waals surface area contributed by atoms with Crippen molar-refractivity contribution in [3.8, 4) is 5.75 Å². The fourth-order valence-corrected chi connectivity index (χ4v) is 4.21. The summed E-state index contributed by atoms with van der Waals surface area (Å²) < 4.78 is 6.96. The van der Waals surface area contributed by atoms with Gasteiger partial charge in [0.15, 0.2) is 0 Å². The number of carbonyl (C=O) groups is 1. The van der Waals surface area contributed by atoms with Crippen LogP contribution in [-0.2, 0) is 17.8 Å². The Kier molecular flexibility index (Phi) is 7.48. The molecular weight excluding hydrogens is 545 g/mol. The Morgan fingerprint density at radius 3 is 2.56 bits per heavy atom. The molecule has 4 rings (SSSR count). The second-order valence-corrected chi connectivity index (χ2v) is 8.63. The van der Waals surface area contributed by atoms with Crippen LogP contribution in [0.25, 0.3) is 10.8 Å². The molecule has 1 amide bonds. The van der Waals surface area contributed by atoms with E-state index in [0.29, 0.717) is 12.2 Å². The lowest BCUT2D eigenvalue weighted by Crippen LogP contribution is -2.20. The van der Waals surface area contributed by atoms with Gasteiger partial charge in [-0.05, 0) is 62.7 Å². The van der Waals surface area contributed by atoms with Gasteiger partial charge in [0, 0.05) is 11.6 Å². The molecule has 8 heteroatoms. The van der Waals surface area contributed by atoms with Crippen LogP contribution in [0, 0.1) is 13.7 Å². The number of nitrogens with zero attached hydrogens (tertiary/aromatic N) is 2. The molecule has 0 aromatic heterocycles. The second kappa shape index (κ2) is 10.9. The predicted molar refractivity (Wildman–Crippen MR) is 140 cm³/mol. The third kappa shape index (κ3) is 5.76. The number of rotatable bonds is 8. The Morgan fingerprint density at radius 1 is 1.00 bits per heavy atom. The minimum atomic E-state index is -0.502. The number of hydrogen-bond acceptors (Lipinski definition) is 5. The summed E-state index contributed by atoms with van der Waals surface area (Å²) >= 11 is 2.20. The molecule has 4 aromatic carbocycles. The first-order valence-electron chi connectivity index (χ1n) is 10.4. The van der Waals surface area contributed by atoms with Gasteiger partial charge in [-0.2, -0.15) is 5.10 Å². The van der Waals surface area contributed by atoms with Gasteiger partial charge in [-0.25, -0.2) is 5.43 Å². The van der Waals surface area contributed by atoms with Crippen molar-refractivity contribution >= 4 is 51.2 Å². The van der Waals surface area contributed by atoms with E-state index >= 15 is 0 Å². The van der Waals surface area contributed by atoms with Crippen molar-refractivity contribution < 1.29 is 14.5 Å². The first-order valence-corrected chi connectivity index (χ1v) is 11.5. The maximum absolute atomic E-state index is 12.1. The van der Waals surface area contributed by atoms with Crippen LogP contribution in [0.15, 0.2) is 90.0 Å². The molecule has 0 atom stereocenters. The van der Waals surface area contributed by atoms with Gasteiger partial charge in [-0.1, -0.05) is 60.7 Å². The van der Waals surface area contributed by atoms with Gasteiger partial charge >= 0.3 is 0 Å². The summed E-state index contributed by atoms with van der Waals surface area (Å²) in [5.41, 5.74) is 4.56. The van der Waals surface area contributed by atoms with E-state index in [0.717, 1.165) is 20.4 Å². The van der Waals surface area contributed by atoms with Crippen molar-refractivity contribution in [3.63, 3.8) is 0 Å². The smallest absolute Gasteiger partial charge is 0.273 e. The number of para-hydroxylation sites is 1. The minimum Gasteiger partial charge on any atom is -0.488 e. The van der Waals surface area contributed by atoms with E-state index in [4.69, 9.17) is 4.74 Å². The van der Waals surface area contributed by atoms with Crippen LogP contribution in [0.4, 0.5) is 5.69 Å². The third-order valence-electron chi connectivity index (χ3n) is 5.16. The molecule has 34 heavy (non-hydrogen) atoms. The van der Waals surface area contributed by atoms with Gasteiger partial charge in [0.05, 0.1) is 21.1 Å². The Balaban J connectivity index is 1.36. The number of nitro groups is 1. The van der Waals surface area contributed by atoms with E-state index in [1.54, 1.807) is 18.2 Å². The highest BCUT2D eigenvalue weighted by atomic mass is 127. The number of fused-ring (bicyclic) bond motifs is 1. The van der Waals surface area contributed by atoms with Crippen LogP contribution in [0.5, 0.6) is 5.75 Å². The summed E-state index contributed by atoms with van der Waals surface area (Å²) in [5, 5.41) is 17.4. The fraction of sp³-hybridized carbons (Fsp3) is 0.0769. The molecule has 0 aliphatic rings. The first-order chi connectivity index (χ1) is 16.5. The van der Waals surface area contributed by atoms with E-state index in [2.05, 4.69) is 57.4 Å². The van der Waals surface area contributed by atoms with E-state index in [9.17, 15) is 14.9 Å². The molecule has 0 bridgehead atoms. The van der Waals surface area contributed by atoms with E-state index in [-0.39, 0.29) is 12.1 Å². The maximum Gasteiger partial charge on any atom is 0.273 e. The average molecular weight is 565 g/mol. The molecule has 170 valence electrons. The summed E-state index contributed by atoms with van der Waals surface area (Å²) in [5.74, 6) is 0.321. The van der Waals surface area contributed by atoms with Crippen molar-refractivity contribution in [1.29, 1.82) is 0 Å². The lowest BCUT2D eigenvalue weighted by molar-refractivity contribution is -0.385. The Labute approximate surface area is 209 Å². The van der Waals surface area contributed by atoms with Crippen molar-refractivity contribution in [1.82, 2.24) is 5.43 Å². The van der Waals surface area contributed by atoms with Gasteiger partial charge in [0.1, 0.15) is 12.4 Å². The highest BCUT2D eigenvalue weighted by Gasteiger charge is 2.15. The fourth-order valence-electron chi connectivity index (χ4n) is 3.52. The van der Waals surface area contributed by atoms with Crippen LogP contribution in [0.3, 0.4) is 0 Å². The number of amides is 1. The number of ether oxygens (including phenoxy) is 1. The van der Waals surface area contributed by atoms with Crippen molar-refractivity contribution in [2.24, 2.45) is 5.10 Å². The number of nitrogens with one attached hydrogen (secondary N) is 1. The van der Waals surface area contributed by atoms with E-state index in [1.807, 2.05) is 36.4 Å². The molecule has 0 aliphatic carbocycles. The lowest BCUT2D eigenvalue weighted by Gasteiger charge is -2.11. The maximum atomic E-state index is 12.1. The summed E-state index contributed by atoms with van der Waals surface area (Å²) in [6.07, 6.45) is 1.39. The Bertz CT molecular complexity index is 1380. The summed E-state index contributed by atoms with van der Waals surface area (Å²) in [7, 11) is 0. The van der Waals surface area contributed by atoms with Crippen LogP contribution in [0.2, 0.25) is 0 Å². The van der Waals surface area contributed by atoms with Crippen molar-refractivity contribution in [3.05, 3.63) is 115 Å². The molecule has 0 unspecified atom stereocenters. The second-order valence-electron chi connectivity index (χ2n) is 7.47. The summed E-state index contributed by atoms with van der Waals surface area (Å²) in [6, 6.07) is 26.1. The van der Waals surface area contributed by atoms with Gasteiger partial charge in [-0.3, -0.25) is 14.9 Å². The topological polar surface area (TPSA) is 93.8 Å². The molecule has 0 radical (unpaired) electrons. The van der Waals surface area contributed by atoms with Gasteiger partial charge in [0.2, 0.25) is 5.91 Å². The number of hydrazone groups is 1. The molecule has 7 nitrogen and oxygen atoms in total. The Morgan fingerprint density at radius 2 is 1.74 bits per heavy atom. The van der Waals surface area contributed by atoms with Crippen LogP contribution < -0.4 is 10.2 Å². The van der Waals surface area contributed by atoms with E-state index < -0.39 is 10.8 Å². The number of hydrogen-bond donors (Lipinski definition) is 1. The van der Waals surface area contributed by atoms with Gasteiger partial charge in [0.25, 0.3) is 5.69 Å². The van der Waals surface area contributed by atoms with Crippen molar-refractivity contribution in [2.75, 3.05) is 0 Å². The molecular formula is C26H20IN3O4. The molecule has 0 heterocycles. The zero-order chi connectivity index (χ0) is 23.9. The van der Waals surface area contributed by atoms with Crippen LogP contribution in [0.1, 0.15) is 16.7 Å². The third-order valence-corrected chi connectivity index (χ3v) is 6.00. The highest BCUT2D eigenvalue weighted by molar-refractivity contribution is 14.1. The van der Waals surface area contributed by atoms with Gasteiger partial charge in [-0.15, -0.1) is 0 Å². The van der Waals surface area contributed by atoms with E-state index in [1.165, 1.54) is 23.1 Å². The summed E-state index contributed by atoms with van der Waals surface area (Å²) in [6.45, 7) is 0.451. The normalized spacial score (nSPS) is 11.0. The van der Waals surface area contributed by atoms with Crippen LogP contribution >= 0.6 is 22.6 Å². The minimum absolute atomic E-state index is 0.0877. The summed E-state index contributed by atoms with van der Waals surface area (Å²) in [4.78, 5) is 22.7. The monoisotopic (exact) mass is 565 g/mol. The zero-order valence-corrected chi connectivity index (χ0v) is 20.1. The number of nitro benzene ring substituents is 1. The number of halogens is 1. The quantitative estimate of drug-likeness (QED) is 0.130. The molecule has 1 N–H and O–H groups in total.